The molecule has 19 heavy (non-hydrogen) atoms. The summed E-state index contributed by atoms with van der Waals surface area (Å²) in [4.78, 5) is 22.5. The van der Waals surface area contributed by atoms with Crippen LogP contribution in [0.5, 0.6) is 0 Å². The largest absolute Gasteiger partial charge is 0.511 e. The van der Waals surface area contributed by atoms with E-state index in [0.29, 0.717) is 6.42 Å². The second-order valence-electron chi connectivity index (χ2n) is 5.05. The Kier molecular flexibility index (Phi) is 7.23. The van der Waals surface area contributed by atoms with Gasteiger partial charge < -0.3 is 9.84 Å². The summed E-state index contributed by atoms with van der Waals surface area (Å²) in [6.45, 7) is 1.97. The number of ether oxygens (including phenoxy) is 1. The highest BCUT2D eigenvalue weighted by Crippen LogP contribution is 2.18. The number of esters is 1. The van der Waals surface area contributed by atoms with Gasteiger partial charge in [0.05, 0.1) is 0 Å². The zero-order valence-electron chi connectivity index (χ0n) is 11.7. The van der Waals surface area contributed by atoms with Gasteiger partial charge in [0.2, 0.25) is 5.78 Å². The van der Waals surface area contributed by atoms with Crippen LogP contribution in [0.15, 0.2) is 11.3 Å². The monoisotopic (exact) mass is 268 g/mol. The number of carbonyl (C=O) groups excluding carboxylic acids is 2. The SMILES string of the molecule is CCCCCCCCCC/C(O)=C1/C(=O)COC1=O. The van der Waals surface area contributed by atoms with Crippen LogP contribution in [0.3, 0.4) is 0 Å². The van der Waals surface area contributed by atoms with Crippen LogP contribution in [-0.4, -0.2) is 23.5 Å². The number of carbonyl (C=O) groups is 2. The van der Waals surface area contributed by atoms with Gasteiger partial charge in [0.25, 0.3) is 0 Å². The topological polar surface area (TPSA) is 63.6 Å². The Hall–Kier alpha value is -1.32. The van der Waals surface area contributed by atoms with E-state index in [2.05, 4.69) is 11.7 Å². The highest BCUT2D eigenvalue weighted by atomic mass is 16.5. The molecular formula is C15H24O4. The molecular weight excluding hydrogens is 244 g/mol. The molecule has 0 bridgehead atoms. The van der Waals surface area contributed by atoms with E-state index < -0.39 is 11.8 Å². The summed E-state index contributed by atoms with van der Waals surface area (Å²) in [5.41, 5.74) is -0.136. The number of unbranched alkanes of at least 4 members (excludes halogenated alkanes) is 7. The van der Waals surface area contributed by atoms with Gasteiger partial charge in [-0.15, -0.1) is 0 Å². The van der Waals surface area contributed by atoms with Crippen molar-refractivity contribution in [3.8, 4) is 0 Å². The first kappa shape index (κ1) is 15.7. The number of ketones is 1. The minimum Gasteiger partial charge on any atom is -0.511 e. The van der Waals surface area contributed by atoms with Crippen molar-refractivity contribution in [2.75, 3.05) is 6.61 Å². The molecule has 0 aromatic carbocycles. The lowest BCUT2D eigenvalue weighted by atomic mass is 10.0. The number of allylic oxidation sites excluding steroid dienone is 1. The zero-order chi connectivity index (χ0) is 14.1. The van der Waals surface area contributed by atoms with Crippen molar-refractivity contribution in [1.29, 1.82) is 0 Å². The Morgan fingerprint density at radius 1 is 1.05 bits per heavy atom. The minimum atomic E-state index is -0.679. The van der Waals surface area contributed by atoms with Crippen LogP contribution in [0.1, 0.15) is 64.7 Å². The quantitative estimate of drug-likeness (QED) is 0.229. The number of hydrogen-bond acceptors (Lipinski definition) is 4. The van der Waals surface area contributed by atoms with Crippen LogP contribution < -0.4 is 0 Å². The fourth-order valence-electron chi connectivity index (χ4n) is 2.22. The normalized spacial score (nSPS) is 17.7. The van der Waals surface area contributed by atoms with Gasteiger partial charge in [-0.25, -0.2) is 4.79 Å². The van der Waals surface area contributed by atoms with Gasteiger partial charge in [0, 0.05) is 6.42 Å². The highest BCUT2D eigenvalue weighted by Gasteiger charge is 2.31. The van der Waals surface area contributed by atoms with Crippen molar-refractivity contribution in [3.63, 3.8) is 0 Å². The molecule has 1 N–H and O–H groups in total. The molecule has 0 radical (unpaired) electrons. The van der Waals surface area contributed by atoms with E-state index in [1.54, 1.807) is 0 Å². The third-order valence-corrected chi connectivity index (χ3v) is 3.37. The molecule has 4 heteroatoms. The molecule has 0 spiro atoms. The maximum atomic E-state index is 11.3. The predicted molar refractivity (Wildman–Crippen MR) is 72.8 cm³/mol. The second-order valence-corrected chi connectivity index (χ2v) is 5.05. The van der Waals surface area contributed by atoms with Crippen molar-refractivity contribution in [2.24, 2.45) is 0 Å². The fourth-order valence-corrected chi connectivity index (χ4v) is 2.22. The maximum absolute atomic E-state index is 11.3. The van der Waals surface area contributed by atoms with E-state index >= 15 is 0 Å². The van der Waals surface area contributed by atoms with Gasteiger partial charge in [-0.05, 0) is 6.42 Å². The first-order chi connectivity index (χ1) is 9.16. The van der Waals surface area contributed by atoms with E-state index in [9.17, 15) is 14.7 Å². The molecule has 0 aromatic heterocycles. The van der Waals surface area contributed by atoms with Crippen molar-refractivity contribution >= 4 is 11.8 Å². The third-order valence-electron chi connectivity index (χ3n) is 3.37. The van der Waals surface area contributed by atoms with Gasteiger partial charge in [-0.2, -0.15) is 0 Å². The van der Waals surface area contributed by atoms with E-state index in [0.717, 1.165) is 19.3 Å². The van der Waals surface area contributed by atoms with Crippen LogP contribution in [0, 0.1) is 0 Å². The second kappa shape index (κ2) is 8.73. The molecule has 1 heterocycles. The van der Waals surface area contributed by atoms with Crippen molar-refractivity contribution in [3.05, 3.63) is 11.3 Å². The standard InChI is InChI=1S/C15H24O4/c1-2-3-4-5-6-7-8-9-10-12(16)14-13(17)11-19-15(14)18/h16H,2-11H2,1H3/b14-12+. The summed E-state index contributed by atoms with van der Waals surface area (Å²) in [5, 5.41) is 9.72. The van der Waals surface area contributed by atoms with Crippen LogP contribution in [-0.2, 0) is 14.3 Å². The molecule has 1 saturated heterocycles. The summed E-state index contributed by atoms with van der Waals surface area (Å²) < 4.78 is 4.57. The molecule has 0 atom stereocenters. The number of hydrogen-bond donors (Lipinski definition) is 1. The van der Waals surface area contributed by atoms with E-state index in [4.69, 9.17) is 0 Å². The Morgan fingerprint density at radius 3 is 2.16 bits per heavy atom. The van der Waals surface area contributed by atoms with Crippen LogP contribution in [0.2, 0.25) is 0 Å². The number of rotatable bonds is 9. The van der Waals surface area contributed by atoms with Crippen LogP contribution in [0.4, 0.5) is 0 Å². The first-order valence-corrected chi connectivity index (χ1v) is 7.29. The molecule has 0 saturated carbocycles. The lowest BCUT2D eigenvalue weighted by Crippen LogP contribution is -2.05. The molecule has 4 nitrogen and oxygen atoms in total. The Labute approximate surface area is 114 Å². The smallest absolute Gasteiger partial charge is 0.345 e. The van der Waals surface area contributed by atoms with E-state index in [1.165, 1.54) is 32.1 Å². The van der Waals surface area contributed by atoms with E-state index in [-0.39, 0.29) is 17.9 Å². The van der Waals surface area contributed by atoms with Gasteiger partial charge in [0.1, 0.15) is 11.3 Å². The molecule has 1 aliphatic rings. The number of Topliss-reactive ketones (excluding diaryl/α,β-unsaturated/α-hetero) is 1. The zero-order valence-corrected chi connectivity index (χ0v) is 11.7. The fraction of sp³-hybridized carbons (Fsp3) is 0.733. The predicted octanol–water partition coefficient (Wildman–Crippen LogP) is 3.46. The maximum Gasteiger partial charge on any atom is 0.345 e. The average Bonchev–Trinajstić information content (AvgIpc) is 2.72. The Balaban J connectivity index is 2.14. The molecule has 0 unspecified atom stereocenters. The van der Waals surface area contributed by atoms with Gasteiger partial charge in [-0.3, -0.25) is 4.79 Å². The van der Waals surface area contributed by atoms with Crippen molar-refractivity contribution in [2.45, 2.75) is 64.7 Å². The summed E-state index contributed by atoms with van der Waals surface area (Å²) in [7, 11) is 0. The van der Waals surface area contributed by atoms with Gasteiger partial charge in [0.15, 0.2) is 6.61 Å². The van der Waals surface area contributed by atoms with Gasteiger partial charge in [-0.1, -0.05) is 51.9 Å². The van der Waals surface area contributed by atoms with Gasteiger partial charge >= 0.3 is 5.97 Å². The Morgan fingerprint density at radius 2 is 1.63 bits per heavy atom. The number of cyclic esters (lactones) is 1. The Bertz CT molecular complexity index is 326. The summed E-state index contributed by atoms with van der Waals surface area (Å²) in [6, 6.07) is 0. The molecule has 1 fully saturated rings. The summed E-state index contributed by atoms with van der Waals surface area (Å²) in [5.74, 6) is -1.18. The number of aliphatic hydroxyl groups excluding tert-OH is 1. The lowest BCUT2D eigenvalue weighted by Gasteiger charge is -2.03. The van der Waals surface area contributed by atoms with Crippen LogP contribution in [0.25, 0.3) is 0 Å². The van der Waals surface area contributed by atoms with Crippen molar-refractivity contribution in [1.82, 2.24) is 0 Å². The highest BCUT2D eigenvalue weighted by molar-refractivity contribution is 6.22. The molecule has 108 valence electrons. The first-order valence-electron chi connectivity index (χ1n) is 7.29. The average molecular weight is 268 g/mol. The third kappa shape index (κ3) is 5.45. The van der Waals surface area contributed by atoms with Crippen molar-refractivity contribution < 1.29 is 19.4 Å². The summed E-state index contributed by atoms with van der Waals surface area (Å²) in [6.07, 6.45) is 9.71. The van der Waals surface area contributed by atoms with Crippen LogP contribution >= 0.6 is 0 Å². The summed E-state index contributed by atoms with van der Waals surface area (Å²) >= 11 is 0. The van der Waals surface area contributed by atoms with E-state index in [1.807, 2.05) is 0 Å². The lowest BCUT2D eigenvalue weighted by molar-refractivity contribution is -0.135. The molecule has 1 aliphatic heterocycles. The molecule has 0 aliphatic carbocycles. The minimum absolute atomic E-state index is 0.0986. The molecule has 0 amide bonds. The number of aliphatic hydroxyl groups is 1. The molecule has 1 rings (SSSR count). The molecule has 0 aromatic rings.